The zero-order valence-electron chi connectivity index (χ0n) is 10.3. The van der Waals surface area contributed by atoms with Gasteiger partial charge in [-0.05, 0) is 30.2 Å². The highest BCUT2D eigenvalue weighted by atomic mass is 19.4. The van der Waals surface area contributed by atoms with E-state index in [0.717, 1.165) is 24.1 Å². The lowest BCUT2D eigenvalue weighted by atomic mass is 10.1. The van der Waals surface area contributed by atoms with Crippen molar-refractivity contribution in [3.8, 4) is 11.3 Å². The third-order valence-corrected chi connectivity index (χ3v) is 2.91. The average Bonchev–Trinajstić information content (AvgIpc) is 2.38. The van der Waals surface area contributed by atoms with E-state index in [-0.39, 0.29) is 0 Å². The normalized spacial score (nSPS) is 11.6. The number of benzene rings is 1. The van der Waals surface area contributed by atoms with E-state index in [9.17, 15) is 13.2 Å². The van der Waals surface area contributed by atoms with Crippen LogP contribution >= 0.6 is 0 Å². The van der Waals surface area contributed by atoms with Crippen molar-refractivity contribution < 1.29 is 13.2 Å². The van der Waals surface area contributed by atoms with Crippen LogP contribution in [-0.2, 0) is 12.6 Å². The summed E-state index contributed by atoms with van der Waals surface area (Å²) in [6, 6.07) is 6.57. The fraction of sp³-hybridized carbons (Fsp3) is 0.214. The SMILES string of the molecule is CCc1cnc(-c2ccc(C(F)(F)F)cc2)cc1N. The van der Waals surface area contributed by atoms with Crippen LogP contribution in [0, 0.1) is 0 Å². The molecule has 2 rings (SSSR count). The fourth-order valence-electron chi connectivity index (χ4n) is 1.78. The number of nitrogens with zero attached hydrogens (tertiary/aromatic N) is 1. The van der Waals surface area contributed by atoms with Crippen LogP contribution in [-0.4, -0.2) is 4.98 Å². The van der Waals surface area contributed by atoms with Crippen LogP contribution in [0.15, 0.2) is 36.5 Å². The van der Waals surface area contributed by atoms with Gasteiger partial charge in [-0.15, -0.1) is 0 Å². The van der Waals surface area contributed by atoms with Crippen molar-refractivity contribution in [2.45, 2.75) is 19.5 Å². The van der Waals surface area contributed by atoms with Gasteiger partial charge in [0.25, 0.3) is 0 Å². The number of nitrogens with two attached hydrogens (primary N) is 1. The maximum absolute atomic E-state index is 12.4. The van der Waals surface area contributed by atoms with Crippen LogP contribution < -0.4 is 5.73 Å². The van der Waals surface area contributed by atoms with Crippen molar-refractivity contribution in [3.05, 3.63) is 47.7 Å². The number of hydrogen-bond donors (Lipinski definition) is 1. The highest BCUT2D eigenvalue weighted by molar-refractivity contribution is 5.65. The highest BCUT2D eigenvalue weighted by Crippen LogP contribution is 2.31. The van der Waals surface area contributed by atoms with Crippen molar-refractivity contribution >= 4 is 5.69 Å². The molecule has 0 amide bonds. The molecule has 0 aliphatic carbocycles. The first-order valence-electron chi connectivity index (χ1n) is 5.84. The van der Waals surface area contributed by atoms with Crippen molar-refractivity contribution in [2.75, 3.05) is 5.73 Å². The zero-order valence-corrected chi connectivity index (χ0v) is 10.3. The van der Waals surface area contributed by atoms with Crippen molar-refractivity contribution in [3.63, 3.8) is 0 Å². The lowest BCUT2D eigenvalue weighted by Crippen LogP contribution is -2.04. The van der Waals surface area contributed by atoms with Crippen LogP contribution in [0.4, 0.5) is 18.9 Å². The van der Waals surface area contributed by atoms with Gasteiger partial charge < -0.3 is 5.73 Å². The maximum Gasteiger partial charge on any atom is 0.416 e. The minimum absolute atomic E-state index is 0.573. The molecule has 2 nitrogen and oxygen atoms in total. The van der Waals surface area contributed by atoms with E-state index < -0.39 is 11.7 Å². The third kappa shape index (κ3) is 2.86. The summed E-state index contributed by atoms with van der Waals surface area (Å²) in [5, 5.41) is 0. The van der Waals surface area contributed by atoms with Crippen LogP contribution in [0.2, 0.25) is 0 Å². The fourth-order valence-corrected chi connectivity index (χ4v) is 1.78. The summed E-state index contributed by atoms with van der Waals surface area (Å²) in [7, 11) is 0. The van der Waals surface area contributed by atoms with Gasteiger partial charge in [0.2, 0.25) is 0 Å². The van der Waals surface area contributed by atoms with Crippen LogP contribution in [0.25, 0.3) is 11.3 Å². The Morgan fingerprint density at radius 3 is 2.26 bits per heavy atom. The van der Waals surface area contributed by atoms with Crippen LogP contribution in [0.3, 0.4) is 0 Å². The molecule has 1 aromatic carbocycles. The predicted octanol–water partition coefficient (Wildman–Crippen LogP) is 3.91. The van der Waals surface area contributed by atoms with Gasteiger partial charge in [-0.3, -0.25) is 4.98 Å². The number of hydrogen-bond acceptors (Lipinski definition) is 2. The largest absolute Gasteiger partial charge is 0.416 e. The number of nitrogen functional groups attached to an aromatic ring is 1. The molecular weight excluding hydrogens is 253 g/mol. The van der Waals surface area contributed by atoms with Gasteiger partial charge in [-0.2, -0.15) is 13.2 Å². The first kappa shape index (κ1) is 13.4. The molecule has 2 N–H and O–H groups in total. The van der Waals surface area contributed by atoms with Gasteiger partial charge in [0.15, 0.2) is 0 Å². The summed E-state index contributed by atoms with van der Waals surface area (Å²) in [6.07, 6.45) is -1.90. The Morgan fingerprint density at radius 2 is 1.79 bits per heavy atom. The van der Waals surface area contributed by atoms with Gasteiger partial charge >= 0.3 is 6.18 Å². The standard InChI is InChI=1S/C14H13F3N2/c1-2-9-8-19-13(7-12(9)18)10-3-5-11(6-4-10)14(15,16)17/h3-8H,2H2,1H3,(H2,18,19). The summed E-state index contributed by atoms with van der Waals surface area (Å²) in [4.78, 5) is 4.21. The number of rotatable bonds is 2. The van der Waals surface area contributed by atoms with Gasteiger partial charge in [0.1, 0.15) is 0 Å². The quantitative estimate of drug-likeness (QED) is 0.895. The second-order valence-electron chi connectivity index (χ2n) is 4.20. The minimum Gasteiger partial charge on any atom is -0.398 e. The minimum atomic E-state index is -4.32. The molecule has 0 saturated carbocycles. The monoisotopic (exact) mass is 266 g/mol. The number of aromatic nitrogens is 1. The molecule has 0 saturated heterocycles. The molecule has 0 radical (unpaired) electrons. The Balaban J connectivity index is 2.35. The number of alkyl halides is 3. The topological polar surface area (TPSA) is 38.9 Å². The first-order chi connectivity index (χ1) is 8.91. The van der Waals surface area contributed by atoms with Crippen LogP contribution in [0.1, 0.15) is 18.1 Å². The lowest BCUT2D eigenvalue weighted by molar-refractivity contribution is -0.137. The van der Waals surface area contributed by atoms with Crippen molar-refractivity contribution in [1.82, 2.24) is 4.98 Å². The molecule has 0 atom stereocenters. The van der Waals surface area contributed by atoms with Gasteiger partial charge in [-0.25, -0.2) is 0 Å². The summed E-state index contributed by atoms with van der Waals surface area (Å²) >= 11 is 0. The lowest BCUT2D eigenvalue weighted by Gasteiger charge is -2.09. The molecule has 5 heteroatoms. The number of pyridine rings is 1. The van der Waals surface area contributed by atoms with Crippen molar-refractivity contribution in [2.24, 2.45) is 0 Å². The van der Waals surface area contributed by atoms with Gasteiger partial charge in [0, 0.05) is 17.4 Å². The van der Waals surface area contributed by atoms with Crippen LogP contribution in [0.5, 0.6) is 0 Å². The molecule has 0 fully saturated rings. The molecular formula is C14H13F3N2. The molecule has 2 aromatic rings. The first-order valence-corrected chi connectivity index (χ1v) is 5.84. The molecule has 1 heterocycles. The van der Waals surface area contributed by atoms with E-state index in [1.807, 2.05) is 6.92 Å². The third-order valence-electron chi connectivity index (χ3n) is 2.91. The second kappa shape index (κ2) is 4.91. The summed E-state index contributed by atoms with van der Waals surface area (Å²) < 4.78 is 37.3. The Kier molecular flexibility index (Phi) is 3.46. The molecule has 0 spiro atoms. The van der Waals surface area contributed by atoms with E-state index in [0.29, 0.717) is 16.9 Å². The molecule has 0 aliphatic rings. The summed E-state index contributed by atoms with van der Waals surface area (Å²) in [6.45, 7) is 1.96. The molecule has 100 valence electrons. The van der Waals surface area contributed by atoms with E-state index >= 15 is 0 Å². The number of halogens is 3. The smallest absolute Gasteiger partial charge is 0.398 e. The highest BCUT2D eigenvalue weighted by Gasteiger charge is 2.29. The van der Waals surface area contributed by atoms with Crippen molar-refractivity contribution in [1.29, 1.82) is 0 Å². The van der Waals surface area contributed by atoms with E-state index in [4.69, 9.17) is 5.73 Å². The predicted molar refractivity (Wildman–Crippen MR) is 68.5 cm³/mol. The van der Waals surface area contributed by atoms with E-state index in [2.05, 4.69) is 4.98 Å². The summed E-state index contributed by atoms with van der Waals surface area (Å²) in [5.41, 5.74) is 7.89. The summed E-state index contributed by atoms with van der Waals surface area (Å²) in [5.74, 6) is 0. The molecule has 1 aromatic heterocycles. The Morgan fingerprint density at radius 1 is 1.16 bits per heavy atom. The second-order valence-corrected chi connectivity index (χ2v) is 4.20. The molecule has 0 aliphatic heterocycles. The maximum atomic E-state index is 12.4. The van der Waals surface area contributed by atoms with E-state index in [1.54, 1.807) is 12.3 Å². The Bertz CT molecular complexity index is 574. The van der Waals surface area contributed by atoms with Gasteiger partial charge in [-0.1, -0.05) is 19.1 Å². The van der Waals surface area contributed by atoms with E-state index in [1.165, 1.54) is 12.1 Å². The number of anilines is 1. The molecule has 19 heavy (non-hydrogen) atoms. The molecule has 0 unspecified atom stereocenters. The average molecular weight is 266 g/mol. The Labute approximate surface area is 109 Å². The van der Waals surface area contributed by atoms with Gasteiger partial charge in [0.05, 0.1) is 11.3 Å². The Hall–Kier alpha value is -2.04. The molecule has 0 bridgehead atoms. The number of aryl methyl sites for hydroxylation is 1. The zero-order chi connectivity index (χ0) is 14.0.